The van der Waals surface area contributed by atoms with Gasteiger partial charge in [0.2, 0.25) is 5.43 Å². The van der Waals surface area contributed by atoms with Crippen molar-refractivity contribution in [2.45, 2.75) is 18.4 Å². The van der Waals surface area contributed by atoms with E-state index in [-0.39, 0.29) is 29.7 Å². The number of pyridine rings is 1. The van der Waals surface area contributed by atoms with Gasteiger partial charge >= 0.3 is 5.97 Å². The summed E-state index contributed by atoms with van der Waals surface area (Å²) in [6.07, 6.45) is 1.87. The number of nitrogens with zero attached hydrogens (tertiary/aromatic N) is 1. The van der Waals surface area contributed by atoms with Crippen molar-refractivity contribution in [3.63, 3.8) is 0 Å². The molecule has 6 nitrogen and oxygen atoms in total. The predicted octanol–water partition coefficient (Wildman–Crippen LogP) is 1.52. The van der Waals surface area contributed by atoms with E-state index in [2.05, 4.69) is 6.58 Å². The Kier molecular flexibility index (Phi) is 2.68. The fourth-order valence-electron chi connectivity index (χ4n) is 3.11. The van der Waals surface area contributed by atoms with Crippen molar-refractivity contribution in [1.82, 2.24) is 4.57 Å². The van der Waals surface area contributed by atoms with E-state index in [1.165, 1.54) is 10.8 Å². The molecule has 1 aromatic heterocycles. The highest BCUT2D eigenvalue weighted by Crippen LogP contribution is 2.48. The fourth-order valence-corrected chi connectivity index (χ4v) is 3.11. The number of rotatable bonds is 2. The van der Waals surface area contributed by atoms with Crippen LogP contribution in [0, 0.1) is 5.82 Å². The monoisotopic (exact) mass is 316 g/mol. The van der Waals surface area contributed by atoms with Crippen molar-refractivity contribution in [1.29, 1.82) is 0 Å². The Hall–Kier alpha value is -2.67. The minimum Gasteiger partial charge on any atom is -0.485 e. The molecular weight excluding hydrogens is 303 g/mol. The summed E-state index contributed by atoms with van der Waals surface area (Å²) in [4.78, 5) is 23.6. The third kappa shape index (κ3) is 1.83. The van der Waals surface area contributed by atoms with Crippen LogP contribution in [0.3, 0.4) is 0 Å². The van der Waals surface area contributed by atoms with Gasteiger partial charge in [-0.1, -0.05) is 6.58 Å². The largest absolute Gasteiger partial charge is 0.485 e. The van der Waals surface area contributed by atoms with Crippen LogP contribution < -0.4 is 15.9 Å². The fraction of sp³-hybridized carbons (Fsp3) is 0.250. The topological polar surface area (TPSA) is 94.6 Å². The number of carboxylic acid groups (broad SMARTS) is 1. The van der Waals surface area contributed by atoms with Crippen molar-refractivity contribution in [3.8, 4) is 5.75 Å². The molecule has 23 heavy (non-hydrogen) atoms. The number of carboxylic acids is 1. The van der Waals surface area contributed by atoms with Gasteiger partial charge in [0.15, 0.2) is 5.75 Å². The van der Waals surface area contributed by atoms with Gasteiger partial charge in [0.05, 0.1) is 16.6 Å². The Balaban J connectivity index is 2.16. The second kappa shape index (κ2) is 4.42. The Morgan fingerprint density at radius 1 is 1.52 bits per heavy atom. The van der Waals surface area contributed by atoms with E-state index in [4.69, 9.17) is 10.5 Å². The Morgan fingerprint density at radius 2 is 2.22 bits per heavy atom. The molecule has 118 valence electrons. The lowest BCUT2D eigenvalue weighted by atomic mass is 10.0. The van der Waals surface area contributed by atoms with Crippen LogP contribution in [0.4, 0.5) is 4.39 Å². The van der Waals surface area contributed by atoms with Crippen LogP contribution in [0.15, 0.2) is 23.6 Å². The summed E-state index contributed by atoms with van der Waals surface area (Å²) in [7, 11) is 0. The number of aromatic nitrogens is 1. The number of benzene rings is 1. The average Bonchev–Trinajstić information content (AvgIpc) is 3.20. The molecule has 1 fully saturated rings. The zero-order valence-electron chi connectivity index (χ0n) is 12.0. The Labute approximate surface area is 129 Å². The number of halogens is 1. The molecule has 2 heterocycles. The predicted molar refractivity (Wildman–Crippen MR) is 81.3 cm³/mol. The maximum Gasteiger partial charge on any atom is 0.341 e. The minimum atomic E-state index is -1.37. The van der Waals surface area contributed by atoms with Gasteiger partial charge in [0.25, 0.3) is 0 Å². The molecule has 1 aliphatic heterocycles. The summed E-state index contributed by atoms with van der Waals surface area (Å²) in [6, 6.07) is 0.942. The molecule has 0 radical (unpaired) electrons. The van der Waals surface area contributed by atoms with Gasteiger partial charge in [-0.15, -0.1) is 0 Å². The smallest absolute Gasteiger partial charge is 0.341 e. The summed E-state index contributed by atoms with van der Waals surface area (Å²) < 4.78 is 21.7. The van der Waals surface area contributed by atoms with Gasteiger partial charge < -0.3 is 20.1 Å². The molecule has 0 saturated heterocycles. The van der Waals surface area contributed by atoms with Crippen LogP contribution in [0.25, 0.3) is 16.6 Å². The first-order valence-electron chi connectivity index (χ1n) is 7.11. The van der Waals surface area contributed by atoms with E-state index >= 15 is 0 Å². The first-order valence-corrected chi connectivity index (χ1v) is 7.11. The molecule has 0 bridgehead atoms. The zero-order chi connectivity index (χ0) is 16.5. The third-order valence-corrected chi connectivity index (χ3v) is 4.40. The molecule has 4 rings (SSSR count). The second-order valence-corrected chi connectivity index (χ2v) is 5.91. The summed E-state index contributed by atoms with van der Waals surface area (Å²) in [5.41, 5.74) is 5.84. The van der Waals surface area contributed by atoms with Crippen LogP contribution in [-0.4, -0.2) is 28.3 Å². The van der Waals surface area contributed by atoms with E-state index in [0.29, 0.717) is 23.2 Å². The number of hydrogen-bond acceptors (Lipinski definition) is 4. The molecule has 2 atom stereocenters. The van der Waals surface area contributed by atoms with E-state index in [9.17, 15) is 19.1 Å². The Bertz CT molecular complexity index is 963. The van der Waals surface area contributed by atoms with E-state index in [0.717, 1.165) is 6.07 Å². The van der Waals surface area contributed by atoms with E-state index < -0.39 is 22.8 Å². The van der Waals surface area contributed by atoms with Crippen molar-refractivity contribution in [2.75, 3.05) is 6.61 Å². The molecule has 2 aromatic rings. The van der Waals surface area contributed by atoms with Crippen molar-refractivity contribution in [3.05, 3.63) is 46.0 Å². The van der Waals surface area contributed by atoms with Gasteiger partial charge in [-0.3, -0.25) is 4.79 Å². The average molecular weight is 316 g/mol. The molecule has 3 N–H and O–H groups in total. The highest BCUT2D eigenvalue weighted by molar-refractivity contribution is 5.97. The van der Waals surface area contributed by atoms with Crippen LogP contribution in [0.2, 0.25) is 0 Å². The molecule has 0 spiro atoms. The molecular formula is C16H13FN2O4. The van der Waals surface area contributed by atoms with Crippen LogP contribution in [0.5, 0.6) is 5.75 Å². The van der Waals surface area contributed by atoms with E-state index in [1.54, 1.807) is 0 Å². The van der Waals surface area contributed by atoms with Gasteiger partial charge in [-0.25, -0.2) is 9.18 Å². The first kappa shape index (κ1) is 14.0. The van der Waals surface area contributed by atoms with Gasteiger partial charge in [-0.05, 0) is 12.5 Å². The van der Waals surface area contributed by atoms with Crippen LogP contribution >= 0.6 is 0 Å². The molecule has 1 unspecified atom stereocenters. The SMILES string of the molecule is C=C1COc2c([C@@H]3CC3N)c(F)cc3c(=O)c(C(=O)O)cn1c23. The first-order chi connectivity index (χ1) is 10.9. The zero-order valence-corrected chi connectivity index (χ0v) is 12.0. The molecule has 1 aliphatic carbocycles. The maximum absolute atomic E-state index is 14.5. The van der Waals surface area contributed by atoms with Crippen molar-refractivity contribution < 1.29 is 19.0 Å². The maximum atomic E-state index is 14.5. The standard InChI is InChI=1S/C16H13FN2O4/c1-6-5-23-15-12(7-3-11(7)18)10(17)2-8-13(15)19(6)4-9(14(8)20)16(21)22/h2,4,7,11H,1,3,5,18H2,(H,21,22)/t7-,11?/m1/s1. The number of carbonyl (C=O) groups is 1. The molecule has 7 heteroatoms. The third-order valence-electron chi connectivity index (χ3n) is 4.40. The number of ether oxygens (including phenoxy) is 1. The quantitative estimate of drug-likeness (QED) is 0.876. The second-order valence-electron chi connectivity index (χ2n) is 5.91. The number of hydrogen-bond donors (Lipinski definition) is 2. The molecule has 1 aromatic carbocycles. The normalized spacial score (nSPS) is 22.1. The lowest BCUT2D eigenvalue weighted by molar-refractivity contribution is 0.0695. The Morgan fingerprint density at radius 3 is 2.83 bits per heavy atom. The highest BCUT2D eigenvalue weighted by atomic mass is 19.1. The van der Waals surface area contributed by atoms with Crippen molar-refractivity contribution in [2.24, 2.45) is 5.73 Å². The molecule has 0 amide bonds. The summed E-state index contributed by atoms with van der Waals surface area (Å²) in [6.45, 7) is 3.91. The van der Waals surface area contributed by atoms with E-state index in [1.807, 2.05) is 0 Å². The lowest BCUT2D eigenvalue weighted by Crippen LogP contribution is -2.24. The van der Waals surface area contributed by atoms with Gasteiger partial charge in [0, 0.05) is 23.7 Å². The van der Waals surface area contributed by atoms with Gasteiger partial charge in [-0.2, -0.15) is 0 Å². The van der Waals surface area contributed by atoms with Crippen LogP contribution in [-0.2, 0) is 0 Å². The van der Waals surface area contributed by atoms with Crippen molar-refractivity contribution >= 4 is 22.6 Å². The highest BCUT2D eigenvalue weighted by Gasteiger charge is 2.41. The summed E-state index contributed by atoms with van der Waals surface area (Å²) in [5.74, 6) is -1.85. The van der Waals surface area contributed by atoms with Crippen LogP contribution in [0.1, 0.15) is 28.3 Å². The summed E-state index contributed by atoms with van der Waals surface area (Å²) >= 11 is 0. The number of aromatic carboxylic acids is 1. The molecule has 2 aliphatic rings. The minimum absolute atomic E-state index is 0.0313. The number of nitrogens with two attached hydrogens (primary N) is 1. The summed E-state index contributed by atoms with van der Waals surface area (Å²) in [5, 5.41) is 9.16. The molecule has 1 saturated carbocycles. The lowest BCUT2D eigenvalue weighted by Gasteiger charge is -2.25. The van der Waals surface area contributed by atoms with Gasteiger partial charge in [0.1, 0.15) is 18.0 Å².